The van der Waals surface area contributed by atoms with Crippen molar-refractivity contribution in [3.8, 4) is 0 Å². The number of aromatic nitrogens is 1. The van der Waals surface area contributed by atoms with Gasteiger partial charge in [-0.1, -0.05) is 30.4 Å². The lowest BCUT2D eigenvalue weighted by atomic mass is 10.2. The highest BCUT2D eigenvalue weighted by molar-refractivity contribution is 7.81. The van der Waals surface area contributed by atoms with E-state index in [2.05, 4.69) is 5.32 Å². The first-order chi connectivity index (χ1) is 12.1. The Balaban J connectivity index is 2.01. The highest BCUT2D eigenvalue weighted by Crippen LogP contribution is 2.21. The Morgan fingerprint density at radius 3 is 2.56 bits per heavy atom. The number of thiocarbonyl (C=S) groups is 1. The van der Waals surface area contributed by atoms with Crippen LogP contribution in [-0.4, -0.2) is 4.99 Å². The molecular weight excluding hydrogens is 355 g/mol. The Labute approximate surface area is 154 Å². The van der Waals surface area contributed by atoms with Crippen LogP contribution in [-0.2, 0) is 0 Å². The summed E-state index contributed by atoms with van der Waals surface area (Å²) in [5.41, 5.74) is 1.37. The number of nitrogens with one attached hydrogen (secondary N) is 1. The molecule has 0 aliphatic rings. The predicted octanol–water partition coefficient (Wildman–Crippen LogP) is 3.61. The molecule has 3 aromatic rings. The molecule has 25 heavy (non-hydrogen) atoms. The molecule has 2 heterocycles. The smallest absolute Gasteiger partial charge is 0.239 e. The molecule has 3 rings (SSSR count). The average Bonchev–Trinajstić information content (AvgIpc) is 3.14. The maximum atomic E-state index is 13.8. The SMILES string of the molecule is Cc1ccc(NC(=S)C(=C([O-])c2cccs2)[n+]2ccccc2)cc1F. The average molecular weight is 370 g/mol. The summed E-state index contributed by atoms with van der Waals surface area (Å²) >= 11 is 6.81. The number of halogens is 1. The van der Waals surface area contributed by atoms with Crippen LogP contribution in [0.15, 0.2) is 66.3 Å². The summed E-state index contributed by atoms with van der Waals surface area (Å²) in [7, 11) is 0. The fourth-order valence-electron chi connectivity index (χ4n) is 2.27. The molecule has 0 aliphatic heterocycles. The predicted molar refractivity (Wildman–Crippen MR) is 101 cm³/mol. The molecular formula is C19H15FN2OS2. The minimum absolute atomic E-state index is 0.184. The molecule has 6 heteroatoms. The normalized spacial score (nSPS) is 11.8. The number of anilines is 1. The summed E-state index contributed by atoms with van der Waals surface area (Å²) in [5, 5.41) is 17.7. The Morgan fingerprint density at radius 1 is 1.16 bits per heavy atom. The van der Waals surface area contributed by atoms with Crippen LogP contribution in [0.2, 0.25) is 0 Å². The first kappa shape index (κ1) is 17.3. The Morgan fingerprint density at radius 2 is 1.92 bits per heavy atom. The van der Waals surface area contributed by atoms with Crippen molar-refractivity contribution in [3.05, 3.63) is 82.6 Å². The molecule has 0 fully saturated rings. The molecule has 0 unspecified atom stereocenters. The van der Waals surface area contributed by atoms with Gasteiger partial charge in [-0.25, -0.2) is 4.39 Å². The largest absolute Gasteiger partial charge is 0.867 e. The standard InChI is InChI=1S/C19H15FN2OS2/c1-13-7-8-14(12-15(13)20)21-19(24)17(22-9-3-2-4-10-22)18(23)16-6-5-11-25-16/h2-12H,1H3,(H-,21,23,24). The van der Waals surface area contributed by atoms with E-state index in [1.807, 2.05) is 29.6 Å². The lowest BCUT2D eigenvalue weighted by Crippen LogP contribution is -2.39. The zero-order chi connectivity index (χ0) is 17.8. The number of benzene rings is 1. The van der Waals surface area contributed by atoms with Crippen LogP contribution in [0, 0.1) is 12.7 Å². The summed E-state index contributed by atoms with van der Waals surface area (Å²) in [6, 6.07) is 13.8. The van der Waals surface area contributed by atoms with E-state index >= 15 is 0 Å². The van der Waals surface area contributed by atoms with Gasteiger partial charge >= 0.3 is 0 Å². The molecule has 1 aromatic carbocycles. The van der Waals surface area contributed by atoms with E-state index in [0.717, 1.165) is 0 Å². The van der Waals surface area contributed by atoms with Crippen molar-refractivity contribution < 1.29 is 14.1 Å². The molecule has 0 bridgehead atoms. The third-order valence-corrected chi connectivity index (χ3v) is 4.74. The van der Waals surface area contributed by atoms with Crippen LogP contribution >= 0.6 is 23.6 Å². The van der Waals surface area contributed by atoms with Crippen LogP contribution in [0.3, 0.4) is 0 Å². The van der Waals surface area contributed by atoms with E-state index in [9.17, 15) is 9.50 Å². The molecule has 0 spiro atoms. The van der Waals surface area contributed by atoms with Gasteiger partial charge in [-0.15, -0.1) is 11.3 Å². The molecule has 0 atom stereocenters. The molecule has 0 saturated heterocycles. The van der Waals surface area contributed by atoms with E-state index in [4.69, 9.17) is 12.2 Å². The second kappa shape index (κ2) is 7.55. The Kier molecular flexibility index (Phi) is 5.21. The Hall–Kier alpha value is -2.57. The van der Waals surface area contributed by atoms with Crippen LogP contribution in [0.1, 0.15) is 10.4 Å². The minimum atomic E-state index is -0.328. The van der Waals surface area contributed by atoms with E-state index in [-0.39, 0.29) is 16.6 Å². The summed E-state index contributed by atoms with van der Waals surface area (Å²) < 4.78 is 15.4. The fraction of sp³-hybridized carbons (Fsp3) is 0.0526. The quantitative estimate of drug-likeness (QED) is 0.330. The lowest BCUT2D eigenvalue weighted by Gasteiger charge is -2.15. The van der Waals surface area contributed by atoms with Crippen molar-refractivity contribution in [3.63, 3.8) is 0 Å². The van der Waals surface area contributed by atoms with Crippen LogP contribution < -0.4 is 15.0 Å². The van der Waals surface area contributed by atoms with E-state index in [1.54, 1.807) is 42.1 Å². The number of rotatable bonds is 4. The first-order valence-corrected chi connectivity index (χ1v) is 8.84. The second-order valence-corrected chi connectivity index (χ2v) is 6.71. The Bertz CT molecular complexity index is 922. The zero-order valence-corrected chi connectivity index (χ0v) is 15.0. The van der Waals surface area contributed by atoms with Crippen molar-refractivity contribution in [2.24, 2.45) is 0 Å². The third-order valence-electron chi connectivity index (χ3n) is 3.58. The molecule has 0 radical (unpaired) electrons. The molecule has 0 aliphatic carbocycles. The fourth-order valence-corrected chi connectivity index (χ4v) is 3.25. The lowest BCUT2D eigenvalue weighted by molar-refractivity contribution is -0.577. The van der Waals surface area contributed by atoms with E-state index in [0.29, 0.717) is 21.8 Å². The van der Waals surface area contributed by atoms with Gasteiger partial charge in [0.15, 0.2) is 17.4 Å². The van der Waals surface area contributed by atoms with Crippen molar-refractivity contribution in [2.45, 2.75) is 6.92 Å². The van der Waals surface area contributed by atoms with Crippen molar-refractivity contribution in [2.75, 3.05) is 5.32 Å². The monoisotopic (exact) mass is 370 g/mol. The van der Waals surface area contributed by atoms with Gasteiger partial charge in [0.25, 0.3) is 0 Å². The number of pyridine rings is 1. The van der Waals surface area contributed by atoms with E-state index < -0.39 is 0 Å². The summed E-state index contributed by atoms with van der Waals surface area (Å²) in [6.45, 7) is 1.69. The van der Waals surface area contributed by atoms with Gasteiger partial charge in [0, 0.05) is 22.7 Å². The van der Waals surface area contributed by atoms with Gasteiger partial charge in [-0.3, -0.25) is 0 Å². The molecule has 3 nitrogen and oxygen atoms in total. The van der Waals surface area contributed by atoms with Crippen molar-refractivity contribution >= 4 is 45.7 Å². The molecule has 0 amide bonds. The van der Waals surface area contributed by atoms with Crippen LogP contribution in [0.5, 0.6) is 0 Å². The van der Waals surface area contributed by atoms with Crippen LogP contribution in [0.4, 0.5) is 10.1 Å². The number of thiophene rings is 1. The maximum absolute atomic E-state index is 13.8. The molecule has 2 aromatic heterocycles. The van der Waals surface area contributed by atoms with Crippen LogP contribution in [0.25, 0.3) is 11.5 Å². The van der Waals surface area contributed by atoms with Gasteiger partial charge in [0.2, 0.25) is 5.70 Å². The van der Waals surface area contributed by atoms with E-state index in [1.165, 1.54) is 17.4 Å². The molecule has 0 saturated carbocycles. The zero-order valence-electron chi connectivity index (χ0n) is 13.4. The summed E-state index contributed by atoms with van der Waals surface area (Å²) in [6.07, 6.45) is 3.51. The van der Waals surface area contributed by atoms with Gasteiger partial charge in [0.1, 0.15) is 5.82 Å². The van der Waals surface area contributed by atoms with Crippen molar-refractivity contribution in [1.82, 2.24) is 0 Å². The number of hydrogen-bond donors (Lipinski definition) is 1. The number of hydrogen-bond acceptors (Lipinski definition) is 3. The third kappa shape index (κ3) is 3.92. The van der Waals surface area contributed by atoms with Gasteiger partial charge < -0.3 is 10.4 Å². The minimum Gasteiger partial charge on any atom is -0.867 e. The molecule has 1 N–H and O–H groups in total. The van der Waals surface area contributed by atoms with Gasteiger partial charge in [0.05, 0.1) is 0 Å². The summed E-state index contributed by atoms with van der Waals surface area (Å²) in [4.78, 5) is 0.823. The first-order valence-electron chi connectivity index (χ1n) is 7.55. The van der Waals surface area contributed by atoms with Gasteiger partial charge in [-0.05, 0) is 41.8 Å². The maximum Gasteiger partial charge on any atom is 0.239 e. The second-order valence-electron chi connectivity index (χ2n) is 5.36. The number of aryl methyl sites for hydroxylation is 1. The topological polar surface area (TPSA) is 39.0 Å². The highest BCUT2D eigenvalue weighted by Gasteiger charge is 2.19. The number of nitrogens with zero attached hydrogens (tertiary/aromatic N) is 1. The summed E-state index contributed by atoms with van der Waals surface area (Å²) in [5.74, 6) is -0.511. The molecule has 126 valence electrons. The van der Waals surface area contributed by atoms with Gasteiger partial charge in [-0.2, -0.15) is 4.57 Å². The highest BCUT2D eigenvalue weighted by atomic mass is 32.1. The van der Waals surface area contributed by atoms with Crippen molar-refractivity contribution in [1.29, 1.82) is 0 Å².